The second kappa shape index (κ2) is 6.24. The molecule has 7 nitrogen and oxygen atoms in total. The third-order valence-electron chi connectivity index (χ3n) is 2.13. The molecule has 1 aromatic rings. The molecule has 0 unspecified atom stereocenters. The van der Waals surface area contributed by atoms with Gasteiger partial charge in [0.15, 0.2) is 0 Å². The van der Waals surface area contributed by atoms with Gasteiger partial charge in [-0.3, -0.25) is 15.0 Å². The van der Waals surface area contributed by atoms with Crippen LogP contribution < -0.4 is 4.74 Å². The van der Waals surface area contributed by atoms with Crippen LogP contribution in [-0.2, 0) is 6.54 Å². The summed E-state index contributed by atoms with van der Waals surface area (Å²) in [5, 5.41) is 19.0. The maximum Gasteiger partial charge on any atom is 0.411 e. The van der Waals surface area contributed by atoms with Gasteiger partial charge in [0.1, 0.15) is 5.75 Å². The molecule has 0 bridgehead atoms. The number of rotatable bonds is 5. The normalized spacial score (nSPS) is 10.3. The molecule has 1 N–H and O–H groups in total. The fourth-order valence-electron chi connectivity index (χ4n) is 1.25. The molecule has 0 aliphatic heterocycles. The molecule has 0 heterocycles. The molecule has 0 atom stereocenters. The van der Waals surface area contributed by atoms with E-state index >= 15 is 0 Å². The van der Waals surface area contributed by atoms with Crippen LogP contribution in [0.5, 0.6) is 5.75 Å². The first-order valence-electron chi connectivity index (χ1n) is 4.97. The molecule has 0 fully saturated rings. The van der Waals surface area contributed by atoms with Crippen LogP contribution in [0, 0.1) is 10.1 Å². The van der Waals surface area contributed by atoms with E-state index in [2.05, 4.69) is 0 Å². The highest BCUT2D eigenvalue weighted by atomic mass is 16.6. The zero-order valence-corrected chi connectivity index (χ0v) is 9.65. The summed E-state index contributed by atoms with van der Waals surface area (Å²) in [6, 6.07) is 6.75. The van der Waals surface area contributed by atoms with Crippen molar-refractivity contribution in [3.63, 3.8) is 0 Å². The van der Waals surface area contributed by atoms with Crippen LogP contribution in [0.4, 0.5) is 4.79 Å². The highest BCUT2D eigenvalue weighted by Gasteiger charge is 2.10. The van der Waals surface area contributed by atoms with Crippen LogP contribution in [0.1, 0.15) is 5.56 Å². The summed E-state index contributed by atoms with van der Waals surface area (Å²) in [4.78, 5) is 21.1. The fourth-order valence-corrected chi connectivity index (χ4v) is 1.25. The van der Waals surface area contributed by atoms with E-state index < -0.39 is 11.0 Å². The third kappa shape index (κ3) is 4.12. The van der Waals surface area contributed by atoms with Crippen molar-refractivity contribution in [2.75, 3.05) is 7.11 Å². The topological polar surface area (TPSA) is 92.9 Å². The van der Waals surface area contributed by atoms with Gasteiger partial charge in [-0.05, 0) is 17.7 Å². The van der Waals surface area contributed by atoms with Gasteiger partial charge in [-0.2, -0.15) is 0 Å². The van der Waals surface area contributed by atoms with E-state index in [0.29, 0.717) is 17.5 Å². The first-order chi connectivity index (χ1) is 8.52. The Morgan fingerprint density at radius 1 is 1.50 bits per heavy atom. The Hall–Kier alpha value is -2.57. The minimum absolute atomic E-state index is 0.0314. The molecule has 0 saturated heterocycles. The molecule has 0 aliphatic carbocycles. The summed E-state index contributed by atoms with van der Waals surface area (Å²) in [6.07, 6.45) is 0.230. The molecule has 0 aliphatic rings. The van der Waals surface area contributed by atoms with E-state index in [1.165, 1.54) is 7.11 Å². The third-order valence-corrected chi connectivity index (χ3v) is 2.13. The van der Waals surface area contributed by atoms with Gasteiger partial charge in [-0.25, -0.2) is 4.79 Å². The van der Waals surface area contributed by atoms with Crippen LogP contribution in [0.15, 0.2) is 36.7 Å². The van der Waals surface area contributed by atoms with Crippen molar-refractivity contribution in [3.05, 3.63) is 52.3 Å². The van der Waals surface area contributed by atoms with E-state index in [4.69, 9.17) is 9.84 Å². The van der Waals surface area contributed by atoms with Crippen molar-refractivity contribution in [2.45, 2.75) is 6.54 Å². The molecule has 0 radical (unpaired) electrons. The van der Waals surface area contributed by atoms with Crippen molar-refractivity contribution in [1.29, 1.82) is 0 Å². The van der Waals surface area contributed by atoms with Gasteiger partial charge < -0.3 is 9.84 Å². The minimum atomic E-state index is -1.26. The van der Waals surface area contributed by atoms with E-state index in [1.807, 2.05) is 0 Å². The Morgan fingerprint density at radius 2 is 2.11 bits per heavy atom. The quantitative estimate of drug-likeness (QED) is 0.638. The van der Waals surface area contributed by atoms with Crippen molar-refractivity contribution in [3.8, 4) is 5.75 Å². The number of carbonyl (C=O) groups is 1. The monoisotopic (exact) mass is 252 g/mol. The van der Waals surface area contributed by atoms with Gasteiger partial charge in [-0.1, -0.05) is 12.1 Å². The minimum Gasteiger partial charge on any atom is -0.497 e. The van der Waals surface area contributed by atoms with Gasteiger partial charge in [0, 0.05) is 0 Å². The Labute approximate surface area is 103 Å². The number of hydrogen-bond acceptors (Lipinski definition) is 4. The first kappa shape index (κ1) is 13.5. The smallest absolute Gasteiger partial charge is 0.411 e. The lowest BCUT2D eigenvalue weighted by Crippen LogP contribution is -2.23. The van der Waals surface area contributed by atoms with Gasteiger partial charge in [0.25, 0.3) is 6.20 Å². The molecule has 0 spiro atoms. The molecule has 18 heavy (non-hydrogen) atoms. The van der Waals surface area contributed by atoms with Crippen molar-refractivity contribution in [2.24, 2.45) is 0 Å². The molecule has 1 rings (SSSR count). The number of benzene rings is 1. The predicted octanol–water partition coefficient (Wildman–Crippen LogP) is 1.92. The number of ether oxygens (including phenoxy) is 1. The van der Waals surface area contributed by atoms with Crippen molar-refractivity contribution >= 4 is 6.09 Å². The van der Waals surface area contributed by atoms with E-state index in [9.17, 15) is 14.9 Å². The molecular weight excluding hydrogens is 240 g/mol. The standard InChI is InChI=1S/C11H12N2O5/c1-18-10-4-2-9(3-5-10)8-12(11(14)15)6-7-13(16)17/h2-7H,8H2,1H3,(H,14,15)/b7-6+. The number of nitrogens with zero attached hydrogens (tertiary/aromatic N) is 2. The summed E-state index contributed by atoms with van der Waals surface area (Å²) in [7, 11) is 1.53. The van der Waals surface area contributed by atoms with Gasteiger partial charge in [0.2, 0.25) is 0 Å². The van der Waals surface area contributed by atoms with E-state index in [0.717, 1.165) is 11.1 Å². The SMILES string of the molecule is COc1ccc(CN(/C=C/[N+](=O)[O-])C(=O)O)cc1. The molecule has 0 saturated carbocycles. The van der Waals surface area contributed by atoms with Crippen LogP contribution in [0.2, 0.25) is 0 Å². The number of nitro groups is 1. The summed E-state index contributed by atoms with van der Waals surface area (Å²) >= 11 is 0. The molecule has 1 aromatic carbocycles. The Balaban J connectivity index is 2.76. The summed E-state index contributed by atoms with van der Waals surface area (Å²) in [5.74, 6) is 0.654. The summed E-state index contributed by atoms with van der Waals surface area (Å²) < 4.78 is 4.97. The largest absolute Gasteiger partial charge is 0.497 e. The second-order valence-electron chi connectivity index (χ2n) is 3.34. The first-order valence-corrected chi connectivity index (χ1v) is 4.97. The highest BCUT2D eigenvalue weighted by molar-refractivity contribution is 5.66. The number of amides is 1. The van der Waals surface area contributed by atoms with Crippen LogP contribution >= 0.6 is 0 Å². The Morgan fingerprint density at radius 3 is 2.56 bits per heavy atom. The molecule has 96 valence electrons. The average molecular weight is 252 g/mol. The van der Waals surface area contributed by atoms with Crippen molar-refractivity contribution < 1.29 is 19.6 Å². The lowest BCUT2D eigenvalue weighted by Gasteiger charge is -2.13. The zero-order valence-electron chi connectivity index (χ0n) is 9.65. The summed E-state index contributed by atoms with van der Waals surface area (Å²) in [5.41, 5.74) is 0.700. The van der Waals surface area contributed by atoms with Crippen LogP contribution in [0.25, 0.3) is 0 Å². The zero-order chi connectivity index (χ0) is 13.5. The fraction of sp³-hybridized carbons (Fsp3) is 0.182. The highest BCUT2D eigenvalue weighted by Crippen LogP contribution is 2.13. The van der Waals surface area contributed by atoms with Crippen LogP contribution in [-0.4, -0.2) is 28.1 Å². The summed E-state index contributed by atoms with van der Waals surface area (Å²) in [6.45, 7) is 0.0314. The second-order valence-corrected chi connectivity index (χ2v) is 3.34. The lowest BCUT2D eigenvalue weighted by atomic mass is 10.2. The number of carboxylic acid groups (broad SMARTS) is 1. The molecule has 1 amide bonds. The predicted molar refractivity (Wildman–Crippen MR) is 62.7 cm³/mol. The molecule has 0 aromatic heterocycles. The Bertz CT molecular complexity index is 455. The molecule has 7 heteroatoms. The number of methoxy groups -OCH3 is 1. The molecular formula is C11H12N2O5. The number of hydrogen-bond donors (Lipinski definition) is 1. The van der Waals surface area contributed by atoms with Gasteiger partial charge in [-0.15, -0.1) is 0 Å². The van der Waals surface area contributed by atoms with E-state index in [1.54, 1.807) is 24.3 Å². The Kier molecular flexibility index (Phi) is 4.67. The van der Waals surface area contributed by atoms with Gasteiger partial charge >= 0.3 is 6.09 Å². The van der Waals surface area contributed by atoms with E-state index in [-0.39, 0.29) is 6.54 Å². The maximum atomic E-state index is 10.9. The average Bonchev–Trinajstić information content (AvgIpc) is 2.34. The van der Waals surface area contributed by atoms with Gasteiger partial charge in [0.05, 0.1) is 24.8 Å². The maximum absolute atomic E-state index is 10.9. The van der Waals surface area contributed by atoms with Crippen molar-refractivity contribution in [1.82, 2.24) is 4.90 Å². The lowest BCUT2D eigenvalue weighted by molar-refractivity contribution is -0.403. The van der Waals surface area contributed by atoms with Crippen LogP contribution in [0.3, 0.4) is 0 Å².